The van der Waals surface area contributed by atoms with Crippen LogP contribution in [0.5, 0.6) is 0 Å². The van der Waals surface area contributed by atoms with Crippen molar-refractivity contribution in [1.82, 2.24) is 9.97 Å². The van der Waals surface area contributed by atoms with Crippen LogP contribution in [0, 0.1) is 0 Å². The lowest BCUT2D eigenvalue weighted by molar-refractivity contribution is -0.134. The average molecular weight is 265 g/mol. The van der Waals surface area contributed by atoms with Crippen LogP contribution in [0.3, 0.4) is 0 Å². The molecule has 0 fully saturated rings. The van der Waals surface area contributed by atoms with E-state index in [1.807, 2.05) is 12.2 Å². The maximum atomic E-state index is 9.55. The molecule has 0 radical (unpaired) electrons. The predicted molar refractivity (Wildman–Crippen MR) is 69.1 cm³/mol. The number of aromatic nitrogens is 2. The lowest BCUT2D eigenvalue weighted by Gasteiger charge is -1.88. The normalized spacial score (nSPS) is 10.2. The molecular weight excluding hydrogens is 250 g/mol. The van der Waals surface area contributed by atoms with E-state index in [1.165, 1.54) is 6.33 Å². The summed E-state index contributed by atoms with van der Waals surface area (Å²) in [5.41, 5.74) is 6.32. The molecule has 0 atom stereocenters. The molecule has 4 N–H and O–H groups in total. The van der Waals surface area contributed by atoms with Gasteiger partial charge >= 0.3 is 11.9 Å². The first-order valence-electron chi connectivity index (χ1n) is 5.31. The second-order valence-electron chi connectivity index (χ2n) is 3.16. The van der Waals surface area contributed by atoms with E-state index in [9.17, 15) is 9.59 Å². The van der Waals surface area contributed by atoms with Crippen molar-refractivity contribution in [2.24, 2.45) is 5.73 Å². The van der Waals surface area contributed by atoms with E-state index >= 15 is 0 Å². The SMILES string of the molecule is NCC/C=C/c1cncnc1.O=C(O)/C=C/C(=O)O. The summed E-state index contributed by atoms with van der Waals surface area (Å²) in [5, 5.41) is 15.6. The Hall–Kier alpha value is -2.54. The van der Waals surface area contributed by atoms with Gasteiger partial charge in [0.25, 0.3) is 0 Å². The number of nitrogens with zero attached hydrogens (tertiary/aromatic N) is 2. The molecular formula is C12H15N3O4. The highest BCUT2D eigenvalue weighted by Gasteiger charge is 1.88. The first-order valence-corrected chi connectivity index (χ1v) is 5.31. The van der Waals surface area contributed by atoms with Crippen LogP contribution in [0.25, 0.3) is 6.08 Å². The third-order valence-corrected chi connectivity index (χ3v) is 1.59. The molecule has 0 spiro atoms. The van der Waals surface area contributed by atoms with Crippen LogP contribution in [0.1, 0.15) is 12.0 Å². The number of rotatable bonds is 5. The van der Waals surface area contributed by atoms with Gasteiger partial charge in [-0.15, -0.1) is 0 Å². The molecule has 19 heavy (non-hydrogen) atoms. The van der Waals surface area contributed by atoms with E-state index in [4.69, 9.17) is 15.9 Å². The van der Waals surface area contributed by atoms with Crippen LogP contribution < -0.4 is 5.73 Å². The molecule has 0 bridgehead atoms. The first-order chi connectivity index (χ1) is 9.06. The molecule has 7 heteroatoms. The molecule has 0 aliphatic carbocycles. The minimum absolute atomic E-state index is 0.558. The van der Waals surface area contributed by atoms with E-state index in [-0.39, 0.29) is 0 Å². The van der Waals surface area contributed by atoms with Gasteiger partial charge < -0.3 is 15.9 Å². The largest absolute Gasteiger partial charge is 0.478 e. The zero-order valence-corrected chi connectivity index (χ0v) is 10.1. The zero-order chi connectivity index (χ0) is 14.5. The summed E-state index contributed by atoms with van der Waals surface area (Å²) in [6.07, 6.45) is 11.0. The van der Waals surface area contributed by atoms with Gasteiger partial charge in [-0.25, -0.2) is 19.6 Å². The summed E-state index contributed by atoms with van der Waals surface area (Å²) >= 11 is 0. The number of nitrogens with two attached hydrogens (primary N) is 1. The Kier molecular flexibility index (Phi) is 9.19. The van der Waals surface area contributed by atoms with Gasteiger partial charge in [-0.2, -0.15) is 0 Å². The van der Waals surface area contributed by atoms with Gasteiger partial charge in [0.15, 0.2) is 0 Å². The monoisotopic (exact) mass is 265 g/mol. The number of carbonyl (C=O) groups is 2. The molecule has 1 aromatic heterocycles. The Morgan fingerprint density at radius 3 is 2.11 bits per heavy atom. The Balaban J connectivity index is 0.000000362. The van der Waals surface area contributed by atoms with Crippen molar-refractivity contribution < 1.29 is 19.8 Å². The van der Waals surface area contributed by atoms with Crippen LogP contribution >= 0.6 is 0 Å². The maximum absolute atomic E-state index is 9.55. The van der Waals surface area contributed by atoms with Crippen molar-refractivity contribution in [3.05, 3.63) is 42.5 Å². The van der Waals surface area contributed by atoms with E-state index in [0.717, 1.165) is 12.0 Å². The van der Waals surface area contributed by atoms with Crippen molar-refractivity contribution in [2.45, 2.75) is 6.42 Å². The van der Waals surface area contributed by atoms with Crippen molar-refractivity contribution in [3.8, 4) is 0 Å². The summed E-state index contributed by atoms with van der Waals surface area (Å²) in [4.78, 5) is 26.8. The fourth-order valence-corrected chi connectivity index (χ4v) is 0.855. The Labute approximate surface area is 110 Å². The minimum atomic E-state index is -1.26. The molecule has 0 aliphatic heterocycles. The first kappa shape index (κ1) is 16.5. The highest BCUT2D eigenvalue weighted by molar-refractivity contribution is 5.89. The van der Waals surface area contributed by atoms with Gasteiger partial charge in [0.2, 0.25) is 0 Å². The van der Waals surface area contributed by atoms with Gasteiger partial charge in [0.1, 0.15) is 6.33 Å². The molecule has 0 saturated heterocycles. The molecule has 1 rings (SSSR count). The van der Waals surface area contributed by atoms with Crippen molar-refractivity contribution in [3.63, 3.8) is 0 Å². The molecule has 1 heterocycles. The second-order valence-corrected chi connectivity index (χ2v) is 3.16. The molecule has 7 nitrogen and oxygen atoms in total. The summed E-state index contributed by atoms with van der Waals surface area (Å²) in [6.45, 7) is 0.685. The third-order valence-electron chi connectivity index (χ3n) is 1.59. The number of hydrogen-bond acceptors (Lipinski definition) is 5. The summed E-state index contributed by atoms with van der Waals surface area (Å²) in [7, 11) is 0. The van der Waals surface area contributed by atoms with Gasteiger partial charge in [-0.05, 0) is 13.0 Å². The van der Waals surface area contributed by atoms with E-state index in [0.29, 0.717) is 18.7 Å². The smallest absolute Gasteiger partial charge is 0.328 e. The van der Waals surface area contributed by atoms with Gasteiger partial charge in [-0.3, -0.25) is 0 Å². The lowest BCUT2D eigenvalue weighted by Crippen LogP contribution is -1.94. The van der Waals surface area contributed by atoms with Crippen LogP contribution in [0.4, 0.5) is 0 Å². The molecule has 102 valence electrons. The summed E-state index contributed by atoms with van der Waals surface area (Å²) in [5.74, 6) is -2.51. The quantitative estimate of drug-likeness (QED) is 0.663. The highest BCUT2D eigenvalue weighted by Crippen LogP contribution is 1.96. The molecule has 0 unspecified atom stereocenters. The Morgan fingerprint density at radius 2 is 1.68 bits per heavy atom. The fraction of sp³-hybridized carbons (Fsp3) is 0.167. The molecule has 0 aliphatic rings. The van der Waals surface area contributed by atoms with E-state index < -0.39 is 11.9 Å². The van der Waals surface area contributed by atoms with Crippen LogP contribution in [0.2, 0.25) is 0 Å². The number of aliphatic carboxylic acids is 2. The van der Waals surface area contributed by atoms with Crippen molar-refractivity contribution >= 4 is 18.0 Å². The average Bonchev–Trinajstić information content (AvgIpc) is 2.39. The molecule has 0 saturated carbocycles. The summed E-state index contributed by atoms with van der Waals surface area (Å²) in [6, 6.07) is 0. The zero-order valence-electron chi connectivity index (χ0n) is 10.1. The van der Waals surface area contributed by atoms with E-state index in [2.05, 4.69) is 9.97 Å². The lowest BCUT2D eigenvalue weighted by atomic mass is 10.3. The van der Waals surface area contributed by atoms with Gasteiger partial charge in [0.05, 0.1) is 0 Å². The summed E-state index contributed by atoms with van der Waals surface area (Å²) < 4.78 is 0. The number of carboxylic acid groups (broad SMARTS) is 2. The van der Waals surface area contributed by atoms with Crippen molar-refractivity contribution in [2.75, 3.05) is 6.54 Å². The number of carboxylic acids is 2. The third kappa shape index (κ3) is 11.7. The second kappa shape index (κ2) is 10.6. The molecule has 0 aromatic carbocycles. The van der Waals surface area contributed by atoms with E-state index in [1.54, 1.807) is 12.4 Å². The minimum Gasteiger partial charge on any atom is -0.478 e. The maximum Gasteiger partial charge on any atom is 0.328 e. The standard InChI is InChI=1S/C8H11N3.C4H4O4/c9-4-2-1-3-8-5-10-7-11-6-8;5-3(6)1-2-4(7)8/h1,3,5-7H,2,4,9H2;1-2H,(H,5,6)(H,7,8)/b3-1+;2-1+. The van der Waals surface area contributed by atoms with Crippen LogP contribution in [-0.2, 0) is 9.59 Å². The fourth-order valence-electron chi connectivity index (χ4n) is 0.855. The topological polar surface area (TPSA) is 126 Å². The number of hydrogen-bond donors (Lipinski definition) is 3. The Bertz CT molecular complexity index is 428. The van der Waals surface area contributed by atoms with Crippen LogP contribution in [-0.4, -0.2) is 38.7 Å². The highest BCUT2D eigenvalue weighted by atomic mass is 16.4. The van der Waals surface area contributed by atoms with Gasteiger partial charge in [-0.1, -0.05) is 12.2 Å². The van der Waals surface area contributed by atoms with Gasteiger partial charge in [0, 0.05) is 30.1 Å². The molecule has 1 aromatic rings. The van der Waals surface area contributed by atoms with Crippen LogP contribution in [0.15, 0.2) is 36.9 Å². The predicted octanol–water partition coefficient (Wildman–Crippen LogP) is 0.550. The molecule has 0 amide bonds. The van der Waals surface area contributed by atoms with Crippen molar-refractivity contribution in [1.29, 1.82) is 0 Å². The Morgan fingerprint density at radius 1 is 1.16 bits per heavy atom.